The molecule has 18 heavy (non-hydrogen) atoms. The molecule has 2 aliphatic rings. The van der Waals surface area contributed by atoms with Gasteiger partial charge in [0.25, 0.3) is 0 Å². The van der Waals surface area contributed by atoms with E-state index in [4.69, 9.17) is 0 Å². The van der Waals surface area contributed by atoms with Crippen molar-refractivity contribution >= 4 is 5.69 Å². The van der Waals surface area contributed by atoms with Crippen molar-refractivity contribution in [3.05, 3.63) is 23.5 Å². The predicted octanol–water partition coefficient (Wildman–Crippen LogP) is 2.49. The average molecular weight is 245 g/mol. The molecule has 1 saturated heterocycles. The molecule has 2 bridgehead atoms. The normalized spacial score (nSPS) is 26.0. The molecule has 1 aliphatic carbocycles. The summed E-state index contributed by atoms with van der Waals surface area (Å²) in [6.45, 7) is 7.45. The first-order chi connectivity index (χ1) is 8.78. The summed E-state index contributed by atoms with van der Waals surface area (Å²) < 4.78 is 0. The van der Waals surface area contributed by atoms with E-state index in [2.05, 4.69) is 41.3 Å². The van der Waals surface area contributed by atoms with E-state index < -0.39 is 0 Å². The van der Waals surface area contributed by atoms with Gasteiger partial charge in [0.15, 0.2) is 0 Å². The molecule has 2 atom stereocenters. The Labute approximate surface area is 110 Å². The Kier molecular flexibility index (Phi) is 3.25. The van der Waals surface area contributed by atoms with E-state index in [-0.39, 0.29) is 0 Å². The number of anilines is 1. The van der Waals surface area contributed by atoms with Gasteiger partial charge in [0.05, 0.1) is 0 Å². The number of pyridine rings is 1. The minimum absolute atomic E-state index is 0.789. The molecule has 1 N–H and O–H groups in total. The minimum Gasteiger partial charge on any atom is -0.368 e. The van der Waals surface area contributed by atoms with E-state index in [1.165, 1.54) is 37.1 Å². The Morgan fingerprint density at radius 2 is 2.33 bits per heavy atom. The summed E-state index contributed by atoms with van der Waals surface area (Å²) in [6.07, 6.45) is 6.28. The minimum atomic E-state index is 0.789. The van der Waals surface area contributed by atoms with Gasteiger partial charge < -0.3 is 10.2 Å². The number of hydrogen-bond donors (Lipinski definition) is 1. The summed E-state index contributed by atoms with van der Waals surface area (Å²) in [6, 6.07) is 3.06. The maximum absolute atomic E-state index is 4.46. The third-order valence-corrected chi connectivity index (χ3v) is 4.38. The standard InChI is InChI=1S/C15H23N3/c1-3-16-8-13-9-17-11(2)6-15(13)18-10-12-4-5-14(18)7-12/h6,9,12,14,16H,3-5,7-8,10H2,1-2H3. The van der Waals surface area contributed by atoms with Crippen molar-refractivity contribution in [3.63, 3.8) is 0 Å². The molecule has 2 unspecified atom stereocenters. The predicted molar refractivity (Wildman–Crippen MR) is 74.8 cm³/mol. The topological polar surface area (TPSA) is 28.2 Å². The summed E-state index contributed by atoms with van der Waals surface area (Å²) in [4.78, 5) is 7.09. The van der Waals surface area contributed by atoms with Gasteiger partial charge in [0, 0.05) is 42.3 Å². The lowest BCUT2D eigenvalue weighted by atomic mass is 10.1. The first kappa shape index (κ1) is 12.0. The van der Waals surface area contributed by atoms with Crippen molar-refractivity contribution in [2.75, 3.05) is 18.0 Å². The summed E-state index contributed by atoms with van der Waals surface area (Å²) in [5, 5.41) is 3.43. The Morgan fingerprint density at radius 3 is 3.00 bits per heavy atom. The van der Waals surface area contributed by atoms with Crippen LogP contribution in [0.1, 0.15) is 37.4 Å². The van der Waals surface area contributed by atoms with Gasteiger partial charge in [-0.25, -0.2) is 0 Å². The highest BCUT2D eigenvalue weighted by atomic mass is 15.2. The summed E-state index contributed by atoms with van der Waals surface area (Å²) in [5.74, 6) is 0.940. The number of piperidine rings is 1. The monoisotopic (exact) mass is 245 g/mol. The van der Waals surface area contributed by atoms with Crippen LogP contribution in [0.25, 0.3) is 0 Å². The van der Waals surface area contributed by atoms with Crippen molar-refractivity contribution in [2.24, 2.45) is 5.92 Å². The molecule has 0 amide bonds. The average Bonchev–Trinajstić information content (AvgIpc) is 2.99. The van der Waals surface area contributed by atoms with Crippen LogP contribution in [-0.2, 0) is 6.54 Å². The second kappa shape index (κ2) is 4.88. The van der Waals surface area contributed by atoms with Gasteiger partial charge in [-0.2, -0.15) is 0 Å². The molecule has 0 aromatic carbocycles. The molecular weight excluding hydrogens is 222 g/mol. The zero-order valence-corrected chi connectivity index (χ0v) is 11.4. The number of aromatic nitrogens is 1. The Balaban J connectivity index is 1.87. The Morgan fingerprint density at radius 1 is 1.44 bits per heavy atom. The summed E-state index contributed by atoms with van der Waals surface area (Å²) in [5.41, 5.74) is 3.92. The number of fused-ring (bicyclic) bond motifs is 2. The highest BCUT2D eigenvalue weighted by molar-refractivity contribution is 5.56. The highest BCUT2D eigenvalue weighted by Gasteiger charge is 2.38. The van der Waals surface area contributed by atoms with Crippen LogP contribution in [0.2, 0.25) is 0 Å². The van der Waals surface area contributed by atoms with Crippen LogP contribution in [0, 0.1) is 12.8 Å². The Hall–Kier alpha value is -1.09. The lowest BCUT2D eigenvalue weighted by molar-refractivity contribution is 0.551. The van der Waals surface area contributed by atoms with E-state index in [0.717, 1.165) is 30.7 Å². The van der Waals surface area contributed by atoms with Crippen LogP contribution in [0.3, 0.4) is 0 Å². The van der Waals surface area contributed by atoms with Crippen LogP contribution in [0.15, 0.2) is 12.3 Å². The molecule has 1 aromatic rings. The smallest absolute Gasteiger partial charge is 0.0448 e. The van der Waals surface area contributed by atoms with Crippen LogP contribution in [-0.4, -0.2) is 24.1 Å². The van der Waals surface area contributed by atoms with Crippen LogP contribution in [0.4, 0.5) is 5.69 Å². The van der Waals surface area contributed by atoms with Gasteiger partial charge in [0.1, 0.15) is 0 Å². The molecular formula is C15H23N3. The van der Waals surface area contributed by atoms with E-state index in [1.807, 2.05) is 0 Å². The SMILES string of the molecule is CCNCc1cnc(C)cc1N1CC2CCC1C2. The van der Waals surface area contributed by atoms with Gasteiger partial charge >= 0.3 is 0 Å². The lowest BCUT2D eigenvalue weighted by Gasteiger charge is -2.31. The van der Waals surface area contributed by atoms with Gasteiger partial charge in [-0.1, -0.05) is 6.92 Å². The van der Waals surface area contributed by atoms with E-state index >= 15 is 0 Å². The summed E-state index contributed by atoms with van der Waals surface area (Å²) in [7, 11) is 0. The van der Waals surface area contributed by atoms with Crippen LogP contribution in [0.5, 0.6) is 0 Å². The van der Waals surface area contributed by atoms with E-state index in [1.54, 1.807) is 0 Å². The number of aryl methyl sites for hydroxylation is 1. The van der Waals surface area contributed by atoms with Crippen molar-refractivity contribution in [3.8, 4) is 0 Å². The van der Waals surface area contributed by atoms with Crippen LogP contribution < -0.4 is 10.2 Å². The largest absolute Gasteiger partial charge is 0.368 e. The van der Waals surface area contributed by atoms with Crippen molar-refractivity contribution < 1.29 is 0 Å². The maximum Gasteiger partial charge on any atom is 0.0448 e. The number of rotatable bonds is 4. The van der Waals surface area contributed by atoms with Gasteiger partial charge in [-0.05, 0) is 44.7 Å². The molecule has 2 fully saturated rings. The first-order valence-electron chi connectivity index (χ1n) is 7.20. The second-order valence-corrected chi connectivity index (χ2v) is 5.72. The fourth-order valence-corrected chi connectivity index (χ4v) is 3.46. The molecule has 1 saturated carbocycles. The van der Waals surface area contributed by atoms with Crippen LogP contribution >= 0.6 is 0 Å². The van der Waals surface area contributed by atoms with Crippen molar-refractivity contribution in [2.45, 2.75) is 45.7 Å². The molecule has 3 rings (SSSR count). The molecule has 1 aromatic heterocycles. The quantitative estimate of drug-likeness (QED) is 0.883. The number of nitrogens with zero attached hydrogens (tertiary/aromatic N) is 2. The molecule has 2 heterocycles. The van der Waals surface area contributed by atoms with Crippen molar-refractivity contribution in [1.82, 2.24) is 10.3 Å². The molecule has 1 aliphatic heterocycles. The van der Waals surface area contributed by atoms with E-state index in [9.17, 15) is 0 Å². The lowest BCUT2D eigenvalue weighted by Crippen LogP contribution is -2.33. The van der Waals surface area contributed by atoms with Gasteiger partial charge in [-0.3, -0.25) is 4.98 Å². The third kappa shape index (κ3) is 2.12. The summed E-state index contributed by atoms with van der Waals surface area (Å²) >= 11 is 0. The molecule has 3 nitrogen and oxygen atoms in total. The molecule has 0 radical (unpaired) electrons. The third-order valence-electron chi connectivity index (χ3n) is 4.38. The molecule has 98 valence electrons. The fraction of sp³-hybridized carbons (Fsp3) is 0.667. The number of nitrogens with one attached hydrogen (secondary N) is 1. The first-order valence-corrected chi connectivity index (χ1v) is 7.20. The maximum atomic E-state index is 4.46. The zero-order valence-electron chi connectivity index (χ0n) is 11.4. The van der Waals surface area contributed by atoms with E-state index in [0.29, 0.717) is 0 Å². The van der Waals surface area contributed by atoms with Crippen molar-refractivity contribution in [1.29, 1.82) is 0 Å². The van der Waals surface area contributed by atoms with Gasteiger partial charge in [-0.15, -0.1) is 0 Å². The fourth-order valence-electron chi connectivity index (χ4n) is 3.46. The zero-order chi connectivity index (χ0) is 12.5. The molecule has 0 spiro atoms. The van der Waals surface area contributed by atoms with Gasteiger partial charge in [0.2, 0.25) is 0 Å². The second-order valence-electron chi connectivity index (χ2n) is 5.72. The molecule has 3 heteroatoms. The Bertz CT molecular complexity index is 430. The highest BCUT2D eigenvalue weighted by Crippen LogP contribution is 2.41. The number of hydrogen-bond acceptors (Lipinski definition) is 3.